The van der Waals surface area contributed by atoms with E-state index in [0.29, 0.717) is 10.5 Å². The lowest BCUT2D eigenvalue weighted by Crippen LogP contribution is -2.44. The van der Waals surface area contributed by atoms with E-state index in [0.717, 1.165) is 31.7 Å². The molecule has 0 radical (unpaired) electrons. The van der Waals surface area contributed by atoms with Crippen LogP contribution in [0.5, 0.6) is 0 Å². The summed E-state index contributed by atoms with van der Waals surface area (Å²) in [6.07, 6.45) is 6.59. The maximum Gasteiger partial charge on any atom is 0.282 e. The summed E-state index contributed by atoms with van der Waals surface area (Å²) in [5.74, 6) is 0. The Balaban J connectivity index is 2.19. The summed E-state index contributed by atoms with van der Waals surface area (Å²) in [5.41, 5.74) is 0.822. The van der Waals surface area contributed by atoms with Crippen molar-refractivity contribution in [3.63, 3.8) is 0 Å². The molecule has 0 spiro atoms. The first-order valence-corrected chi connectivity index (χ1v) is 8.13. The van der Waals surface area contributed by atoms with Gasteiger partial charge in [0.2, 0.25) is 0 Å². The second-order valence-corrected chi connectivity index (χ2v) is 6.16. The Morgan fingerprint density at radius 1 is 1.55 bits per heavy atom. The maximum absolute atomic E-state index is 12.0. The van der Waals surface area contributed by atoms with Crippen molar-refractivity contribution in [2.24, 2.45) is 7.05 Å². The molecule has 1 aromatic rings. The summed E-state index contributed by atoms with van der Waals surface area (Å²) in [4.78, 5) is 14.3. The zero-order valence-electron chi connectivity index (χ0n) is 12.2. The third kappa shape index (κ3) is 3.61. The molecular weight excluding hydrogens is 320 g/mol. The molecule has 112 valence electrons. The van der Waals surface area contributed by atoms with E-state index in [9.17, 15) is 4.79 Å². The predicted octanol–water partition coefficient (Wildman–Crippen LogP) is 1.90. The number of aryl methyl sites for hydroxylation is 1. The largest absolute Gasteiger partial charge is 0.368 e. The van der Waals surface area contributed by atoms with E-state index in [1.807, 2.05) is 0 Å². The van der Waals surface area contributed by atoms with Crippen LogP contribution in [-0.4, -0.2) is 35.5 Å². The van der Waals surface area contributed by atoms with Gasteiger partial charge in [-0.2, -0.15) is 5.10 Å². The summed E-state index contributed by atoms with van der Waals surface area (Å²) < 4.78 is 1.97. The molecule has 6 heteroatoms. The molecule has 0 bridgehead atoms. The van der Waals surface area contributed by atoms with E-state index in [-0.39, 0.29) is 5.56 Å². The van der Waals surface area contributed by atoms with Gasteiger partial charge in [-0.15, -0.1) is 0 Å². The second-order valence-electron chi connectivity index (χ2n) is 5.37. The molecule has 1 atom stereocenters. The number of rotatable bonds is 5. The number of halogens is 1. The second kappa shape index (κ2) is 7.22. The Morgan fingerprint density at radius 3 is 3.00 bits per heavy atom. The fourth-order valence-corrected chi connectivity index (χ4v) is 3.26. The number of aromatic nitrogens is 2. The smallest absolute Gasteiger partial charge is 0.282 e. The monoisotopic (exact) mass is 342 g/mol. The van der Waals surface area contributed by atoms with Crippen molar-refractivity contribution in [1.29, 1.82) is 0 Å². The predicted molar refractivity (Wildman–Crippen MR) is 85.3 cm³/mol. The average Bonchev–Trinajstić information content (AvgIpc) is 2.46. The lowest BCUT2D eigenvalue weighted by atomic mass is 10.0. The number of nitrogens with zero attached hydrogens (tertiary/aromatic N) is 3. The SMILES string of the molecule is CCCN(CC1CCCCN1)c1cnn(C)c(=O)c1Br. The van der Waals surface area contributed by atoms with Gasteiger partial charge in [0.05, 0.1) is 11.9 Å². The summed E-state index contributed by atoms with van der Waals surface area (Å²) in [6.45, 7) is 5.12. The van der Waals surface area contributed by atoms with Gasteiger partial charge in [-0.3, -0.25) is 4.79 Å². The third-order valence-corrected chi connectivity index (χ3v) is 4.49. The van der Waals surface area contributed by atoms with E-state index in [4.69, 9.17) is 0 Å². The first kappa shape index (κ1) is 15.5. The van der Waals surface area contributed by atoms with E-state index in [1.54, 1.807) is 13.2 Å². The van der Waals surface area contributed by atoms with Crippen LogP contribution in [0.4, 0.5) is 5.69 Å². The highest BCUT2D eigenvalue weighted by Crippen LogP contribution is 2.23. The summed E-state index contributed by atoms with van der Waals surface area (Å²) in [7, 11) is 1.67. The number of hydrogen-bond acceptors (Lipinski definition) is 4. The van der Waals surface area contributed by atoms with Crippen molar-refractivity contribution in [2.75, 3.05) is 24.5 Å². The number of piperidine rings is 1. The van der Waals surface area contributed by atoms with Crippen LogP contribution >= 0.6 is 15.9 Å². The van der Waals surface area contributed by atoms with Crippen molar-refractivity contribution < 1.29 is 0 Å². The molecule has 2 heterocycles. The molecule has 1 fully saturated rings. The summed E-state index contributed by atoms with van der Waals surface area (Å²) in [6, 6.07) is 0.506. The quantitative estimate of drug-likeness (QED) is 0.887. The average molecular weight is 343 g/mol. The van der Waals surface area contributed by atoms with Crippen molar-refractivity contribution in [3.05, 3.63) is 21.0 Å². The van der Waals surface area contributed by atoms with Gasteiger partial charge < -0.3 is 10.2 Å². The number of nitrogens with one attached hydrogen (secondary N) is 1. The van der Waals surface area contributed by atoms with Crippen LogP contribution < -0.4 is 15.8 Å². The van der Waals surface area contributed by atoms with Gasteiger partial charge in [-0.25, -0.2) is 4.68 Å². The molecule has 5 nitrogen and oxygen atoms in total. The molecule has 1 saturated heterocycles. The molecule has 1 N–H and O–H groups in total. The minimum Gasteiger partial charge on any atom is -0.368 e. The fraction of sp³-hybridized carbons (Fsp3) is 0.714. The third-order valence-electron chi connectivity index (χ3n) is 3.75. The number of hydrogen-bond donors (Lipinski definition) is 1. The molecule has 1 unspecified atom stereocenters. The molecular formula is C14H23BrN4O. The van der Waals surface area contributed by atoms with E-state index < -0.39 is 0 Å². The van der Waals surface area contributed by atoms with Crippen molar-refractivity contribution in [2.45, 2.75) is 38.6 Å². The van der Waals surface area contributed by atoms with E-state index >= 15 is 0 Å². The first-order valence-electron chi connectivity index (χ1n) is 7.33. The topological polar surface area (TPSA) is 50.2 Å². The van der Waals surface area contributed by atoms with Crippen LogP contribution in [0.3, 0.4) is 0 Å². The molecule has 0 aromatic carbocycles. The van der Waals surface area contributed by atoms with Crippen LogP contribution in [-0.2, 0) is 7.05 Å². The Hall–Kier alpha value is -0.880. The molecule has 1 aliphatic rings. The van der Waals surface area contributed by atoms with Crippen LogP contribution in [0, 0.1) is 0 Å². The molecule has 20 heavy (non-hydrogen) atoms. The zero-order valence-corrected chi connectivity index (χ0v) is 13.8. The lowest BCUT2D eigenvalue weighted by molar-refractivity contribution is 0.398. The first-order chi connectivity index (χ1) is 9.63. The maximum atomic E-state index is 12.0. The lowest BCUT2D eigenvalue weighted by Gasteiger charge is -2.32. The van der Waals surface area contributed by atoms with Crippen molar-refractivity contribution in [3.8, 4) is 0 Å². The molecule has 2 rings (SSSR count). The van der Waals surface area contributed by atoms with Gasteiger partial charge in [0, 0.05) is 26.2 Å². The molecule has 0 saturated carbocycles. The number of anilines is 1. The van der Waals surface area contributed by atoms with Gasteiger partial charge in [0.25, 0.3) is 5.56 Å². The Morgan fingerprint density at radius 2 is 2.35 bits per heavy atom. The Bertz CT molecular complexity index is 496. The van der Waals surface area contributed by atoms with Crippen LogP contribution in [0.1, 0.15) is 32.6 Å². The van der Waals surface area contributed by atoms with Crippen LogP contribution in [0.2, 0.25) is 0 Å². The van der Waals surface area contributed by atoms with Crippen LogP contribution in [0.25, 0.3) is 0 Å². The minimum absolute atomic E-state index is 0.0831. The van der Waals surface area contributed by atoms with Gasteiger partial charge in [0.15, 0.2) is 0 Å². The molecule has 0 amide bonds. The van der Waals surface area contributed by atoms with Gasteiger partial charge in [0.1, 0.15) is 4.47 Å². The Kier molecular flexibility index (Phi) is 5.60. The van der Waals surface area contributed by atoms with Crippen LogP contribution in [0.15, 0.2) is 15.5 Å². The van der Waals surface area contributed by atoms with Gasteiger partial charge >= 0.3 is 0 Å². The molecule has 1 aliphatic heterocycles. The normalized spacial score (nSPS) is 19.1. The van der Waals surface area contributed by atoms with Gasteiger partial charge in [-0.05, 0) is 41.7 Å². The van der Waals surface area contributed by atoms with E-state index in [1.165, 1.54) is 23.9 Å². The van der Waals surface area contributed by atoms with Gasteiger partial charge in [-0.1, -0.05) is 13.3 Å². The molecule has 1 aromatic heterocycles. The van der Waals surface area contributed by atoms with Crippen molar-refractivity contribution >= 4 is 21.6 Å². The fourth-order valence-electron chi connectivity index (χ4n) is 2.65. The Labute approximate surface area is 128 Å². The highest BCUT2D eigenvalue weighted by atomic mass is 79.9. The molecule has 0 aliphatic carbocycles. The summed E-state index contributed by atoms with van der Waals surface area (Å²) in [5, 5.41) is 7.71. The van der Waals surface area contributed by atoms with Crippen molar-refractivity contribution in [1.82, 2.24) is 15.1 Å². The minimum atomic E-state index is -0.0831. The zero-order chi connectivity index (χ0) is 14.5. The standard InChI is InChI=1S/C14H23BrN4O/c1-3-8-19(10-11-6-4-5-7-16-11)12-9-17-18(2)14(20)13(12)15/h9,11,16H,3-8,10H2,1-2H3. The van der Waals surface area contributed by atoms with E-state index in [2.05, 4.69) is 38.2 Å². The summed E-state index contributed by atoms with van der Waals surface area (Å²) >= 11 is 3.43. The highest BCUT2D eigenvalue weighted by molar-refractivity contribution is 9.10. The highest BCUT2D eigenvalue weighted by Gasteiger charge is 2.19.